The van der Waals surface area contributed by atoms with Gasteiger partial charge in [-0.3, -0.25) is 9.59 Å². The Labute approximate surface area is 172 Å². The van der Waals surface area contributed by atoms with Crippen LogP contribution in [0.1, 0.15) is 23.0 Å². The van der Waals surface area contributed by atoms with Gasteiger partial charge < -0.3 is 29.3 Å². The summed E-state index contributed by atoms with van der Waals surface area (Å²) in [4.78, 5) is 24.3. The lowest BCUT2D eigenvalue weighted by molar-refractivity contribution is -0.127. The van der Waals surface area contributed by atoms with E-state index in [1.165, 1.54) is 6.26 Å². The Kier molecular flexibility index (Phi) is 5.56. The van der Waals surface area contributed by atoms with E-state index in [-0.39, 0.29) is 24.4 Å². The number of carbonyl (C=O) groups excluding carboxylic acids is 2. The number of nitrogens with one attached hydrogen (secondary N) is 2. The van der Waals surface area contributed by atoms with Gasteiger partial charge in [0.1, 0.15) is 5.75 Å². The van der Waals surface area contributed by atoms with Crippen molar-refractivity contribution in [1.29, 1.82) is 0 Å². The molecule has 1 aliphatic heterocycles. The molecule has 1 aromatic heterocycles. The molecular weight excluding hydrogens is 388 g/mol. The van der Waals surface area contributed by atoms with E-state index in [1.807, 2.05) is 18.2 Å². The molecule has 0 saturated heterocycles. The summed E-state index contributed by atoms with van der Waals surface area (Å²) in [7, 11) is 0. The van der Waals surface area contributed by atoms with Crippen LogP contribution in [0.15, 0.2) is 65.3 Å². The summed E-state index contributed by atoms with van der Waals surface area (Å²) < 4.78 is 21.3. The van der Waals surface area contributed by atoms with Crippen LogP contribution in [-0.2, 0) is 11.3 Å². The lowest BCUT2D eigenvalue weighted by Gasteiger charge is -2.15. The molecule has 2 heterocycles. The second-order valence-electron chi connectivity index (χ2n) is 6.62. The molecule has 0 saturated carbocycles. The summed E-state index contributed by atoms with van der Waals surface area (Å²) in [6.07, 6.45) is 0.743. The monoisotopic (exact) mass is 408 g/mol. The molecule has 0 unspecified atom stereocenters. The summed E-state index contributed by atoms with van der Waals surface area (Å²) in [6, 6.07) is 15.5. The Morgan fingerprint density at radius 2 is 1.87 bits per heavy atom. The number of carbonyl (C=O) groups is 2. The summed E-state index contributed by atoms with van der Waals surface area (Å²) in [6.45, 7) is 2.23. The van der Waals surface area contributed by atoms with Crippen LogP contribution in [0.4, 0.5) is 5.69 Å². The molecule has 4 rings (SSSR count). The number of fused-ring (bicyclic) bond motifs is 1. The fourth-order valence-electron chi connectivity index (χ4n) is 2.86. The Morgan fingerprint density at radius 3 is 2.63 bits per heavy atom. The zero-order valence-electron chi connectivity index (χ0n) is 16.2. The zero-order chi connectivity index (χ0) is 20.9. The number of ether oxygens (including phenoxy) is 3. The van der Waals surface area contributed by atoms with E-state index in [4.69, 9.17) is 18.6 Å². The van der Waals surface area contributed by atoms with Crippen LogP contribution in [0, 0.1) is 0 Å². The Balaban J connectivity index is 1.27. The molecule has 2 N–H and O–H groups in total. The average molecular weight is 408 g/mol. The van der Waals surface area contributed by atoms with Crippen molar-refractivity contribution in [3.8, 4) is 17.2 Å². The second-order valence-corrected chi connectivity index (χ2v) is 6.62. The Bertz CT molecular complexity index is 1030. The number of amides is 2. The topological polar surface area (TPSA) is 99.0 Å². The van der Waals surface area contributed by atoms with E-state index in [0.29, 0.717) is 29.5 Å². The fraction of sp³-hybridized carbons (Fsp3) is 0.182. The van der Waals surface area contributed by atoms with Crippen molar-refractivity contribution in [3.63, 3.8) is 0 Å². The van der Waals surface area contributed by atoms with E-state index in [2.05, 4.69) is 10.6 Å². The number of hydrogen-bond acceptors (Lipinski definition) is 6. The number of furan rings is 1. The highest BCUT2D eigenvalue weighted by atomic mass is 16.7. The maximum atomic E-state index is 12.3. The van der Waals surface area contributed by atoms with Crippen molar-refractivity contribution in [2.75, 3.05) is 12.1 Å². The van der Waals surface area contributed by atoms with Gasteiger partial charge in [0.05, 0.1) is 6.26 Å². The molecule has 3 aromatic rings. The molecule has 1 aliphatic rings. The summed E-state index contributed by atoms with van der Waals surface area (Å²) >= 11 is 0. The van der Waals surface area contributed by atoms with Gasteiger partial charge in [0, 0.05) is 12.2 Å². The maximum absolute atomic E-state index is 12.3. The predicted molar refractivity (Wildman–Crippen MR) is 108 cm³/mol. The quantitative estimate of drug-likeness (QED) is 0.622. The Morgan fingerprint density at radius 1 is 1.07 bits per heavy atom. The summed E-state index contributed by atoms with van der Waals surface area (Å²) in [5.41, 5.74) is 1.49. The molecule has 0 aliphatic carbocycles. The Hall–Kier alpha value is -3.94. The SMILES string of the molecule is C[C@@H](Oc1ccc(NC(=O)c2ccco2)cc1)C(=O)NCc1ccc2c(c1)OCO2. The van der Waals surface area contributed by atoms with Gasteiger partial charge in [0.25, 0.3) is 11.8 Å². The van der Waals surface area contributed by atoms with Crippen molar-refractivity contribution >= 4 is 17.5 Å². The molecule has 0 fully saturated rings. The van der Waals surface area contributed by atoms with Gasteiger partial charge in [0.15, 0.2) is 23.4 Å². The van der Waals surface area contributed by atoms with Gasteiger partial charge in [-0.2, -0.15) is 0 Å². The first-order valence-corrected chi connectivity index (χ1v) is 9.36. The molecule has 2 aromatic carbocycles. The molecule has 1 atom stereocenters. The molecule has 0 radical (unpaired) electrons. The maximum Gasteiger partial charge on any atom is 0.291 e. The van der Waals surface area contributed by atoms with Gasteiger partial charge >= 0.3 is 0 Å². The predicted octanol–water partition coefficient (Wildman–Crippen LogP) is 3.34. The second kappa shape index (κ2) is 8.60. The van der Waals surface area contributed by atoms with E-state index >= 15 is 0 Å². The molecule has 0 spiro atoms. The first-order chi connectivity index (χ1) is 14.6. The minimum absolute atomic E-state index is 0.210. The first-order valence-electron chi connectivity index (χ1n) is 9.36. The fourth-order valence-corrected chi connectivity index (χ4v) is 2.86. The third-order valence-corrected chi connectivity index (χ3v) is 4.44. The highest BCUT2D eigenvalue weighted by Crippen LogP contribution is 2.32. The standard InChI is InChI=1S/C22H20N2O6/c1-14(21(25)23-12-15-4-9-18-20(11-15)29-13-28-18)30-17-7-5-16(6-8-17)24-22(26)19-3-2-10-27-19/h2-11,14H,12-13H2,1H3,(H,23,25)(H,24,26)/t14-/m1/s1. The molecule has 30 heavy (non-hydrogen) atoms. The van der Waals surface area contributed by atoms with Crippen LogP contribution >= 0.6 is 0 Å². The van der Waals surface area contributed by atoms with Gasteiger partial charge in [-0.15, -0.1) is 0 Å². The summed E-state index contributed by atoms with van der Waals surface area (Å²) in [5.74, 6) is 1.52. The lowest BCUT2D eigenvalue weighted by Crippen LogP contribution is -2.35. The molecule has 8 heteroatoms. The van der Waals surface area contributed by atoms with Gasteiger partial charge in [0.2, 0.25) is 6.79 Å². The van der Waals surface area contributed by atoms with Crippen LogP contribution in [-0.4, -0.2) is 24.7 Å². The molecule has 0 bridgehead atoms. The highest BCUT2D eigenvalue weighted by Gasteiger charge is 2.17. The van der Waals surface area contributed by atoms with Crippen molar-refractivity contribution in [3.05, 3.63) is 72.2 Å². The van der Waals surface area contributed by atoms with Crippen molar-refractivity contribution in [2.45, 2.75) is 19.6 Å². The van der Waals surface area contributed by atoms with Crippen molar-refractivity contribution < 1.29 is 28.2 Å². The highest BCUT2D eigenvalue weighted by molar-refractivity contribution is 6.02. The minimum Gasteiger partial charge on any atom is -0.481 e. The largest absolute Gasteiger partial charge is 0.481 e. The van der Waals surface area contributed by atoms with Crippen LogP contribution in [0.2, 0.25) is 0 Å². The first kappa shape index (κ1) is 19.4. The van der Waals surface area contributed by atoms with Crippen LogP contribution < -0.4 is 24.8 Å². The van der Waals surface area contributed by atoms with E-state index in [1.54, 1.807) is 43.3 Å². The third kappa shape index (κ3) is 4.54. The number of anilines is 1. The normalized spacial score (nSPS) is 12.8. The van der Waals surface area contributed by atoms with Gasteiger partial charge in [-0.05, 0) is 61.0 Å². The van der Waals surface area contributed by atoms with Crippen LogP contribution in [0.3, 0.4) is 0 Å². The van der Waals surface area contributed by atoms with E-state index < -0.39 is 6.10 Å². The minimum atomic E-state index is -0.692. The smallest absolute Gasteiger partial charge is 0.291 e. The number of hydrogen-bond donors (Lipinski definition) is 2. The summed E-state index contributed by atoms with van der Waals surface area (Å²) in [5, 5.41) is 5.55. The number of benzene rings is 2. The molecule has 2 amide bonds. The lowest BCUT2D eigenvalue weighted by atomic mass is 10.2. The molecular formula is C22H20N2O6. The van der Waals surface area contributed by atoms with Gasteiger partial charge in [-0.1, -0.05) is 6.07 Å². The molecule has 154 valence electrons. The average Bonchev–Trinajstić information content (AvgIpc) is 3.45. The van der Waals surface area contributed by atoms with Crippen molar-refractivity contribution in [2.24, 2.45) is 0 Å². The number of rotatable bonds is 7. The molecule has 8 nitrogen and oxygen atoms in total. The van der Waals surface area contributed by atoms with E-state index in [0.717, 1.165) is 5.56 Å². The third-order valence-electron chi connectivity index (χ3n) is 4.44. The van der Waals surface area contributed by atoms with E-state index in [9.17, 15) is 9.59 Å². The van der Waals surface area contributed by atoms with Gasteiger partial charge in [-0.25, -0.2) is 0 Å². The van der Waals surface area contributed by atoms with Crippen molar-refractivity contribution in [1.82, 2.24) is 5.32 Å². The zero-order valence-corrected chi connectivity index (χ0v) is 16.2. The van der Waals surface area contributed by atoms with Crippen LogP contribution in [0.25, 0.3) is 0 Å². The van der Waals surface area contributed by atoms with Crippen LogP contribution in [0.5, 0.6) is 17.2 Å².